The van der Waals surface area contributed by atoms with E-state index in [0.29, 0.717) is 37.4 Å². The molecule has 52 heavy (non-hydrogen) atoms. The fourth-order valence-electron chi connectivity index (χ4n) is 4.12. The third-order valence-corrected chi connectivity index (χ3v) is 8.45. The van der Waals surface area contributed by atoms with Gasteiger partial charge in [-0.25, -0.2) is 4.79 Å². The van der Waals surface area contributed by atoms with Crippen LogP contribution in [0.4, 0.5) is 10.5 Å². The average Bonchev–Trinajstić information content (AvgIpc) is 3.07. The van der Waals surface area contributed by atoms with Crippen molar-refractivity contribution < 1.29 is 47.6 Å². The number of rotatable bonds is 23. The molecule has 0 aliphatic carbocycles. The van der Waals surface area contributed by atoms with Crippen molar-refractivity contribution in [3.63, 3.8) is 0 Å². The van der Waals surface area contributed by atoms with Crippen molar-refractivity contribution in [3.05, 3.63) is 29.8 Å². The highest BCUT2D eigenvalue weighted by Gasteiger charge is 2.28. The molecule has 15 nitrogen and oxygen atoms in total. The Hall–Kier alpha value is -3.94. The van der Waals surface area contributed by atoms with Crippen LogP contribution in [0.25, 0.3) is 0 Å². The maximum absolute atomic E-state index is 13.1. The molecule has 0 saturated carbocycles. The molecule has 0 radical (unpaired) electrons. The molecule has 3 unspecified atom stereocenters. The highest BCUT2D eigenvalue weighted by atomic mass is 31.1. The van der Waals surface area contributed by atoms with Crippen molar-refractivity contribution in [1.29, 1.82) is 0 Å². The van der Waals surface area contributed by atoms with E-state index in [2.05, 4.69) is 26.6 Å². The van der Waals surface area contributed by atoms with Gasteiger partial charge in [-0.15, -0.1) is 0 Å². The van der Waals surface area contributed by atoms with E-state index < -0.39 is 43.7 Å². The second kappa shape index (κ2) is 25.9. The Kier molecular flexibility index (Phi) is 24.0. The van der Waals surface area contributed by atoms with Gasteiger partial charge < -0.3 is 45.4 Å². The number of ketones is 2. The first-order valence-corrected chi connectivity index (χ1v) is 19.4. The van der Waals surface area contributed by atoms with E-state index in [-0.39, 0.29) is 61.5 Å². The lowest BCUT2D eigenvalue weighted by molar-refractivity contribution is -0.131. The van der Waals surface area contributed by atoms with Gasteiger partial charge in [-0.05, 0) is 71.3 Å². The molecule has 1 rings (SSSR count). The number of hydrogen-bond donors (Lipinski definition) is 5. The van der Waals surface area contributed by atoms with Gasteiger partial charge in [-0.3, -0.25) is 24.0 Å². The normalized spacial score (nSPS) is 12.6. The fraction of sp³-hybridized carbons (Fsp3) is 0.639. The molecule has 5 amide bonds. The summed E-state index contributed by atoms with van der Waals surface area (Å²) < 4.78 is 16.8. The molecule has 0 heterocycles. The van der Waals surface area contributed by atoms with Gasteiger partial charge in [0.2, 0.25) is 23.6 Å². The van der Waals surface area contributed by atoms with E-state index in [9.17, 15) is 33.6 Å². The summed E-state index contributed by atoms with van der Waals surface area (Å²) >= 11 is 0. The van der Waals surface area contributed by atoms with Gasteiger partial charge >= 0.3 is 6.09 Å². The van der Waals surface area contributed by atoms with Gasteiger partial charge in [0.1, 0.15) is 30.3 Å². The Labute approximate surface area is 309 Å². The topological polar surface area (TPSA) is 207 Å². The lowest BCUT2D eigenvalue weighted by Crippen LogP contribution is -2.54. The summed E-state index contributed by atoms with van der Waals surface area (Å²) in [4.78, 5) is 83.9. The van der Waals surface area contributed by atoms with Crippen LogP contribution in [-0.2, 0) is 49.4 Å². The smallest absolute Gasteiger partial charge is 0.407 e. The zero-order chi connectivity index (χ0) is 39.9. The molecule has 16 heteroatoms. The van der Waals surface area contributed by atoms with Crippen LogP contribution in [0.5, 0.6) is 0 Å². The Morgan fingerprint density at radius 3 is 2.02 bits per heavy atom. The quantitative estimate of drug-likeness (QED) is 0.0807. The van der Waals surface area contributed by atoms with Gasteiger partial charge in [-0.2, -0.15) is 0 Å². The second-order valence-electron chi connectivity index (χ2n) is 12.9. The minimum atomic E-state index is -1.13. The minimum Gasteiger partial charge on any atom is -0.445 e. The molecule has 0 spiro atoms. The van der Waals surface area contributed by atoms with Gasteiger partial charge in [-0.1, -0.05) is 39.8 Å². The van der Waals surface area contributed by atoms with E-state index in [4.69, 9.17) is 14.0 Å². The van der Waals surface area contributed by atoms with Crippen molar-refractivity contribution in [1.82, 2.24) is 21.3 Å². The zero-order valence-corrected chi connectivity index (χ0v) is 33.3. The molecule has 0 aromatic heterocycles. The van der Waals surface area contributed by atoms with Crippen LogP contribution in [-0.4, -0.2) is 98.1 Å². The number of ether oxygens (including phenoxy) is 2. The van der Waals surface area contributed by atoms with Crippen LogP contribution in [0.1, 0.15) is 87.1 Å². The summed E-state index contributed by atoms with van der Waals surface area (Å²) in [6, 6.07) is 4.79. The molecule has 1 aromatic rings. The minimum absolute atomic E-state index is 0.0269. The van der Waals surface area contributed by atoms with Crippen molar-refractivity contribution in [3.8, 4) is 0 Å². The SMILES string of the molecule is CC.CC(=O)CCC(=O)NCCOC(C)(C)CCOP(C)CC(=O)NC(C(=O)NC(C)C(=O)Nc1ccc(COC(=O)NCC(C)=O)cc1)C(C)C. The maximum atomic E-state index is 13.1. The van der Waals surface area contributed by atoms with Crippen molar-refractivity contribution in [2.24, 2.45) is 5.92 Å². The molecule has 0 bridgehead atoms. The van der Waals surface area contributed by atoms with E-state index in [1.165, 1.54) is 20.8 Å². The van der Waals surface area contributed by atoms with Crippen LogP contribution in [0.2, 0.25) is 0 Å². The number of amides is 5. The molecule has 3 atom stereocenters. The average molecular weight is 754 g/mol. The predicted molar refractivity (Wildman–Crippen MR) is 201 cm³/mol. The molecule has 5 N–H and O–H groups in total. The first-order chi connectivity index (χ1) is 24.4. The Balaban J connectivity index is 0.0000128. The van der Waals surface area contributed by atoms with Gasteiger partial charge in [0, 0.05) is 33.2 Å². The third kappa shape index (κ3) is 22.8. The number of nitrogens with one attached hydrogen (secondary N) is 5. The number of Topliss-reactive ketones (excluding diaryl/α,β-unsaturated/α-hetero) is 2. The summed E-state index contributed by atoms with van der Waals surface area (Å²) in [5.74, 6) is -2.00. The standard InChI is InChI=1S/C34H54N5O10P.C2H6/c1-22(2)30(39-29(43)21-50(8)49-17-15-34(6,7)48-18-16-35-28(42)14-9-23(3)40)32(45)37-25(5)31(44)38-27-12-10-26(11-13-27)20-47-33(46)36-19-24(4)41;1-2/h10-13,22,25,30H,9,14-21H2,1-8H3,(H,35,42)(H,36,46)(H,37,45)(H,38,44)(H,39,43);1-2H3. The number of hydrogen-bond acceptors (Lipinski definition) is 10. The molecule has 294 valence electrons. The van der Waals surface area contributed by atoms with E-state index in [1.807, 2.05) is 34.4 Å². The van der Waals surface area contributed by atoms with Crippen molar-refractivity contribution in [2.75, 3.05) is 44.4 Å². The summed E-state index contributed by atoms with van der Waals surface area (Å²) in [5.41, 5.74) is 0.601. The highest BCUT2D eigenvalue weighted by Crippen LogP contribution is 2.32. The number of benzene rings is 1. The Morgan fingerprint density at radius 1 is 0.808 bits per heavy atom. The zero-order valence-electron chi connectivity index (χ0n) is 32.4. The molecule has 0 aliphatic rings. The largest absolute Gasteiger partial charge is 0.445 e. The van der Waals surface area contributed by atoms with Gasteiger partial charge in [0.25, 0.3) is 0 Å². The number of carbonyl (C=O) groups is 7. The molecular weight excluding hydrogens is 693 g/mol. The molecule has 0 aliphatic heterocycles. The number of anilines is 1. The maximum Gasteiger partial charge on any atom is 0.407 e. The molecule has 0 saturated heterocycles. The van der Waals surface area contributed by atoms with Gasteiger partial charge in [0.15, 0.2) is 0 Å². The number of alkyl carbamates (subject to hydrolysis) is 1. The Bertz CT molecular complexity index is 1310. The van der Waals surface area contributed by atoms with Crippen LogP contribution < -0.4 is 26.6 Å². The van der Waals surface area contributed by atoms with Crippen LogP contribution in [0, 0.1) is 5.92 Å². The van der Waals surface area contributed by atoms with Crippen LogP contribution in [0.3, 0.4) is 0 Å². The van der Waals surface area contributed by atoms with Crippen molar-refractivity contribution >= 4 is 55.1 Å². The van der Waals surface area contributed by atoms with Gasteiger partial charge in [0.05, 0.1) is 31.5 Å². The predicted octanol–water partition coefficient (Wildman–Crippen LogP) is 3.83. The fourth-order valence-corrected chi connectivity index (χ4v) is 5.11. The molecule has 1 aromatic carbocycles. The number of carbonyl (C=O) groups excluding carboxylic acids is 7. The molecular formula is C36H60N5O10P. The second-order valence-corrected chi connectivity index (χ2v) is 14.7. The third-order valence-electron chi connectivity index (χ3n) is 7.09. The first kappa shape index (κ1) is 48.1. The summed E-state index contributed by atoms with van der Waals surface area (Å²) in [6.07, 6.45) is 0.287. The lowest BCUT2D eigenvalue weighted by Gasteiger charge is -2.26. The highest BCUT2D eigenvalue weighted by molar-refractivity contribution is 7.52. The van der Waals surface area contributed by atoms with E-state index in [0.717, 1.165) is 0 Å². The van der Waals surface area contributed by atoms with E-state index >= 15 is 0 Å². The van der Waals surface area contributed by atoms with Crippen molar-refractivity contribution in [2.45, 2.75) is 106 Å². The van der Waals surface area contributed by atoms with Crippen LogP contribution >= 0.6 is 8.15 Å². The van der Waals surface area contributed by atoms with E-state index in [1.54, 1.807) is 38.1 Å². The summed E-state index contributed by atoms with van der Waals surface area (Å²) in [7, 11) is -1.13. The summed E-state index contributed by atoms with van der Waals surface area (Å²) in [5, 5.41) is 13.2. The first-order valence-electron chi connectivity index (χ1n) is 17.5. The van der Waals surface area contributed by atoms with Crippen LogP contribution in [0.15, 0.2) is 24.3 Å². The molecule has 0 fully saturated rings. The summed E-state index contributed by atoms with van der Waals surface area (Å²) in [6.45, 7) is 18.4. The lowest BCUT2D eigenvalue weighted by atomic mass is 10.0. The monoisotopic (exact) mass is 753 g/mol. The Morgan fingerprint density at radius 2 is 1.44 bits per heavy atom.